The molecule has 0 aromatic heterocycles. The maximum atomic E-state index is 12.2. The molecule has 2 aromatic carbocycles. The van der Waals surface area contributed by atoms with Crippen LogP contribution >= 0.6 is 11.8 Å². The highest BCUT2D eigenvalue weighted by atomic mass is 32.2. The zero-order valence-electron chi connectivity index (χ0n) is 17.6. The van der Waals surface area contributed by atoms with Crippen LogP contribution in [0.1, 0.15) is 30.5 Å². The summed E-state index contributed by atoms with van der Waals surface area (Å²) in [6.45, 7) is 6.88. The molecule has 1 aliphatic heterocycles. The van der Waals surface area contributed by atoms with Crippen LogP contribution in [0.2, 0.25) is 0 Å². The molecule has 7 heteroatoms. The molecule has 1 heterocycles. The Morgan fingerprint density at radius 3 is 2.63 bits per heavy atom. The molecule has 6 nitrogen and oxygen atoms in total. The monoisotopic (exact) mass is 428 g/mol. The van der Waals surface area contributed by atoms with Gasteiger partial charge in [0.05, 0.1) is 18.1 Å². The number of hydrogen-bond donors (Lipinski definition) is 2. The first-order valence-corrected chi connectivity index (χ1v) is 11.3. The lowest BCUT2D eigenvalue weighted by atomic mass is 10.1. The van der Waals surface area contributed by atoms with Gasteiger partial charge in [0, 0.05) is 29.8 Å². The van der Waals surface area contributed by atoms with E-state index in [1.165, 1.54) is 11.8 Å². The van der Waals surface area contributed by atoms with Crippen molar-refractivity contribution < 1.29 is 19.1 Å². The molecular weight excluding hydrogens is 400 g/mol. The highest BCUT2D eigenvalue weighted by molar-refractivity contribution is 8.00. The number of carbonyl (C=O) groups is 2. The van der Waals surface area contributed by atoms with Gasteiger partial charge in [0.25, 0.3) is 0 Å². The fourth-order valence-electron chi connectivity index (χ4n) is 3.22. The van der Waals surface area contributed by atoms with Crippen LogP contribution in [0.25, 0.3) is 0 Å². The predicted octanol–water partition coefficient (Wildman–Crippen LogP) is 3.71. The summed E-state index contributed by atoms with van der Waals surface area (Å²) in [4.78, 5) is 24.2. The van der Waals surface area contributed by atoms with Gasteiger partial charge in [0.1, 0.15) is 17.6 Å². The summed E-state index contributed by atoms with van der Waals surface area (Å²) in [5.74, 6) is 1.82. The van der Waals surface area contributed by atoms with E-state index in [2.05, 4.69) is 10.6 Å². The van der Waals surface area contributed by atoms with Crippen LogP contribution in [0.5, 0.6) is 11.5 Å². The number of amides is 2. The quantitative estimate of drug-likeness (QED) is 0.637. The van der Waals surface area contributed by atoms with Crippen LogP contribution in [-0.2, 0) is 22.6 Å². The van der Waals surface area contributed by atoms with E-state index in [0.717, 1.165) is 40.3 Å². The third kappa shape index (κ3) is 6.16. The number of thioether (sulfide) groups is 1. The predicted molar refractivity (Wildman–Crippen MR) is 120 cm³/mol. The minimum Gasteiger partial charge on any atom is -0.494 e. The second kappa shape index (κ2) is 10.4. The molecule has 0 aliphatic carbocycles. The van der Waals surface area contributed by atoms with Crippen LogP contribution in [0, 0.1) is 6.92 Å². The summed E-state index contributed by atoms with van der Waals surface area (Å²) in [5, 5.41) is 5.73. The topological polar surface area (TPSA) is 76.7 Å². The van der Waals surface area contributed by atoms with Crippen molar-refractivity contribution in [1.82, 2.24) is 5.32 Å². The highest BCUT2D eigenvalue weighted by Crippen LogP contribution is 2.35. The van der Waals surface area contributed by atoms with Crippen LogP contribution in [-0.4, -0.2) is 36.0 Å². The molecule has 2 amide bonds. The summed E-state index contributed by atoms with van der Waals surface area (Å²) in [5.41, 5.74) is 3.92. The molecule has 0 saturated carbocycles. The Morgan fingerprint density at radius 1 is 1.17 bits per heavy atom. The smallest absolute Gasteiger partial charge is 0.234 e. The largest absolute Gasteiger partial charge is 0.494 e. The van der Waals surface area contributed by atoms with E-state index in [1.807, 2.05) is 57.2 Å². The zero-order chi connectivity index (χ0) is 21.5. The number of rotatable bonds is 9. The molecule has 0 bridgehead atoms. The standard InChI is InChI=1S/C23H28N2O4S/c1-4-28-20-10-17-9-16(3)29-21(17)11-18(20)12-24-22(26)13-30-14-23(27)25-19-7-5-15(2)6-8-19/h5-8,10-11,16H,4,9,12-14H2,1-3H3,(H,24,26)(H,25,27)/t16-/m1/s1. The Kier molecular flexibility index (Phi) is 7.63. The van der Waals surface area contributed by atoms with E-state index < -0.39 is 0 Å². The van der Waals surface area contributed by atoms with Gasteiger partial charge in [-0.25, -0.2) is 0 Å². The Hall–Kier alpha value is -2.67. The first-order chi connectivity index (χ1) is 14.4. The average Bonchev–Trinajstić information content (AvgIpc) is 3.07. The van der Waals surface area contributed by atoms with Gasteiger partial charge >= 0.3 is 0 Å². The maximum absolute atomic E-state index is 12.2. The van der Waals surface area contributed by atoms with Gasteiger partial charge in [-0.3, -0.25) is 9.59 Å². The normalized spacial score (nSPS) is 14.6. The summed E-state index contributed by atoms with van der Waals surface area (Å²) >= 11 is 1.28. The first-order valence-electron chi connectivity index (χ1n) is 10.1. The van der Waals surface area contributed by atoms with E-state index in [-0.39, 0.29) is 29.4 Å². The molecule has 160 valence electrons. The van der Waals surface area contributed by atoms with Gasteiger partial charge < -0.3 is 20.1 Å². The van der Waals surface area contributed by atoms with E-state index in [1.54, 1.807) is 0 Å². The summed E-state index contributed by atoms with van der Waals surface area (Å²) < 4.78 is 11.6. The molecule has 0 saturated heterocycles. The zero-order valence-corrected chi connectivity index (χ0v) is 18.4. The average molecular weight is 429 g/mol. The van der Waals surface area contributed by atoms with Gasteiger partial charge in [0.2, 0.25) is 11.8 Å². The minimum absolute atomic E-state index is 0.125. The van der Waals surface area contributed by atoms with Crippen LogP contribution in [0.15, 0.2) is 36.4 Å². The minimum atomic E-state index is -0.125. The fraction of sp³-hybridized carbons (Fsp3) is 0.391. The van der Waals surface area contributed by atoms with Gasteiger partial charge in [-0.2, -0.15) is 0 Å². The van der Waals surface area contributed by atoms with E-state index in [4.69, 9.17) is 9.47 Å². The molecule has 0 unspecified atom stereocenters. The van der Waals surface area contributed by atoms with Crippen molar-refractivity contribution in [3.8, 4) is 11.5 Å². The van der Waals surface area contributed by atoms with E-state index in [0.29, 0.717) is 13.2 Å². The number of benzene rings is 2. The second-order valence-electron chi connectivity index (χ2n) is 7.32. The van der Waals surface area contributed by atoms with Gasteiger partial charge in [-0.15, -0.1) is 11.8 Å². The highest BCUT2D eigenvalue weighted by Gasteiger charge is 2.22. The molecule has 30 heavy (non-hydrogen) atoms. The summed E-state index contributed by atoms with van der Waals surface area (Å²) in [6, 6.07) is 11.6. The van der Waals surface area contributed by atoms with Crippen molar-refractivity contribution in [3.05, 3.63) is 53.1 Å². The van der Waals surface area contributed by atoms with Crippen molar-refractivity contribution in [2.24, 2.45) is 0 Å². The molecule has 1 aliphatic rings. The number of anilines is 1. The number of nitrogens with one attached hydrogen (secondary N) is 2. The van der Waals surface area contributed by atoms with Crippen LogP contribution in [0.3, 0.4) is 0 Å². The van der Waals surface area contributed by atoms with Crippen molar-refractivity contribution in [2.45, 2.75) is 39.8 Å². The number of fused-ring (bicyclic) bond motifs is 1. The summed E-state index contributed by atoms with van der Waals surface area (Å²) in [7, 11) is 0. The van der Waals surface area contributed by atoms with Gasteiger partial charge in [-0.05, 0) is 45.0 Å². The van der Waals surface area contributed by atoms with Crippen LogP contribution < -0.4 is 20.1 Å². The lowest BCUT2D eigenvalue weighted by Crippen LogP contribution is -2.26. The lowest BCUT2D eigenvalue weighted by molar-refractivity contribution is -0.118. The van der Waals surface area contributed by atoms with Crippen molar-refractivity contribution in [3.63, 3.8) is 0 Å². The molecule has 1 atom stereocenters. The van der Waals surface area contributed by atoms with Crippen LogP contribution in [0.4, 0.5) is 5.69 Å². The third-order valence-electron chi connectivity index (χ3n) is 4.66. The Bertz CT molecular complexity index is 899. The van der Waals surface area contributed by atoms with Crippen molar-refractivity contribution in [2.75, 3.05) is 23.4 Å². The van der Waals surface area contributed by atoms with E-state index in [9.17, 15) is 9.59 Å². The summed E-state index contributed by atoms with van der Waals surface area (Å²) in [6.07, 6.45) is 1.02. The van der Waals surface area contributed by atoms with E-state index >= 15 is 0 Å². The second-order valence-corrected chi connectivity index (χ2v) is 8.30. The molecule has 0 fully saturated rings. The Balaban J connectivity index is 1.45. The third-order valence-corrected chi connectivity index (χ3v) is 5.59. The molecule has 3 rings (SSSR count). The van der Waals surface area contributed by atoms with Crippen molar-refractivity contribution >= 4 is 29.3 Å². The Labute approximate surface area is 181 Å². The molecule has 0 radical (unpaired) electrons. The lowest BCUT2D eigenvalue weighted by Gasteiger charge is -2.13. The number of ether oxygens (including phenoxy) is 2. The number of hydrogen-bond acceptors (Lipinski definition) is 5. The molecule has 2 aromatic rings. The Morgan fingerprint density at radius 2 is 1.90 bits per heavy atom. The SMILES string of the molecule is CCOc1cc2c(cc1CNC(=O)CSCC(=O)Nc1ccc(C)cc1)O[C@H](C)C2. The molecule has 0 spiro atoms. The molecule has 2 N–H and O–H groups in total. The fourth-order valence-corrected chi connectivity index (χ4v) is 3.87. The number of aryl methyl sites for hydroxylation is 1. The maximum Gasteiger partial charge on any atom is 0.234 e. The van der Waals surface area contributed by atoms with Gasteiger partial charge in [-0.1, -0.05) is 17.7 Å². The first kappa shape index (κ1) is 22.0. The number of carbonyl (C=O) groups excluding carboxylic acids is 2. The molecular formula is C23H28N2O4S. The van der Waals surface area contributed by atoms with Gasteiger partial charge in [0.15, 0.2) is 0 Å². The van der Waals surface area contributed by atoms with Crippen molar-refractivity contribution in [1.29, 1.82) is 0 Å².